The van der Waals surface area contributed by atoms with E-state index in [2.05, 4.69) is 4.98 Å². The molecule has 0 radical (unpaired) electrons. The Balaban J connectivity index is 2.00. The fourth-order valence-electron chi connectivity index (χ4n) is 4.13. The summed E-state index contributed by atoms with van der Waals surface area (Å²) in [5, 5.41) is 22.1. The van der Waals surface area contributed by atoms with Crippen LogP contribution in [0.5, 0.6) is 0 Å². The highest BCUT2D eigenvalue weighted by molar-refractivity contribution is 5.90. The largest absolute Gasteiger partial charge is 0.480 e. The van der Waals surface area contributed by atoms with E-state index < -0.39 is 23.0 Å². The van der Waals surface area contributed by atoms with Crippen molar-refractivity contribution < 1.29 is 19.6 Å². The molecule has 0 fully saturated rings. The number of aromatic amines is 1. The number of amides is 1. The second kappa shape index (κ2) is 7.05. The number of carbonyl (C=O) groups is 2. The van der Waals surface area contributed by atoms with Crippen LogP contribution < -0.4 is 0 Å². The molecule has 1 aliphatic rings. The van der Waals surface area contributed by atoms with Crippen molar-refractivity contribution >= 4 is 28.5 Å². The molecule has 2 heterocycles. The summed E-state index contributed by atoms with van der Waals surface area (Å²) in [5.74, 6) is -1.42. The Kier molecular flexibility index (Phi) is 4.54. The van der Waals surface area contributed by atoms with E-state index in [9.17, 15) is 24.8 Å². The van der Waals surface area contributed by atoms with Gasteiger partial charge in [-0.2, -0.15) is 0 Å². The lowest BCUT2D eigenvalue weighted by Gasteiger charge is -2.40. The summed E-state index contributed by atoms with van der Waals surface area (Å²) in [4.78, 5) is 40.4. The Morgan fingerprint density at radius 1 is 1.24 bits per heavy atom. The van der Waals surface area contributed by atoms with E-state index in [1.54, 1.807) is 19.1 Å². The molecule has 2 aromatic carbocycles. The van der Waals surface area contributed by atoms with Crippen molar-refractivity contribution in [2.24, 2.45) is 0 Å². The Morgan fingerprint density at radius 2 is 2.00 bits per heavy atom. The van der Waals surface area contributed by atoms with Gasteiger partial charge in [0.2, 0.25) is 5.91 Å². The van der Waals surface area contributed by atoms with Crippen LogP contribution in [0.25, 0.3) is 10.9 Å². The van der Waals surface area contributed by atoms with Crippen molar-refractivity contribution in [1.82, 2.24) is 9.88 Å². The van der Waals surface area contributed by atoms with Gasteiger partial charge in [-0.15, -0.1) is 0 Å². The number of aliphatic carboxylic acids is 1. The number of carbonyl (C=O) groups excluding carboxylic acids is 1. The predicted octanol–water partition coefficient (Wildman–Crippen LogP) is 3.41. The number of rotatable bonds is 4. The van der Waals surface area contributed by atoms with Crippen LogP contribution in [0.15, 0.2) is 48.5 Å². The predicted molar refractivity (Wildman–Crippen MR) is 106 cm³/mol. The van der Waals surface area contributed by atoms with Crippen molar-refractivity contribution in [3.05, 3.63) is 75.5 Å². The van der Waals surface area contributed by atoms with Crippen molar-refractivity contribution in [3.8, 4) is 0 Å². The first-order valence-corrected chi connectivity index (χ1v) is 9.30. The summed E-state index contributed by atoms with van der Waals surface area (Å²) in [6.07, 6.45) is 0.302. The number of hydrogen-bond acceptors (Lipinski definition) is 4. The molecule has 1 aliphatic heterocycles. The van der Waals surface area contributed by atoms with Crippen LogP contribution >= 0.6 is 0 Å². The number of nitro groups is 1. The third-order valence-corrected chi connectivity index (χ3v) is 5.40. The van der Waals surface area contributed by atoms with Gasteiger partial charge in [0, 0.05) is 41.6 Å². The minimum absolute atomic E-state index is 0.110. The van der Waals surface area contributed by atoms with Crippen LogP contribution in [0, 0.1) is 10.1 Å². The molecular formula is C21H19N3O5. The first-order valence-electron chi connectivity index (χ1n) is 9.30. The van der Waals surface area contributed by atoms with Crippen LogP contribution in [-0.2, 0) is 16.0 Å². The van der Waals surface area contributed by atoms with Crippen molar-refractivity contribution in [1.29, 1.82) is 0 Å². The molecule has 2 N–H and O–H groups in total. The minimum Gasteiger partial charge on any atom is -0.480 e. The summed E-state index contributed by atoms with van der Waals surface area (Å²) in [7, 11) is 0. The van der Waals surface area contributed by atoms with Crippen LogP contribution in [-0.4, -0.2) is 37.8 Å². The topological polar surface area (TPSA) is 117 Å². The normalized spacial score (nSPS) is 18.4. The average molecular weight is 393 g/mol. The van der Waals surface area contributed by atoms with Crippen LogP contribution in [0.3, 0.4) is 0 Å². The van der Waals surface area contributed by atoms with Gasteiger partial charge in [-0.25, -0.2) is 4.79 Å². The quantitative estimate of drug-likeness (QED) is 0.520. The first kappa shape index (κ1) is 18.7. The molecule has 0 bridgehead atoms. The van der Waals surface area contributed by atoms with E-state index in [1.165, 1.54) is 17.0 Å². The SMILES string of the molecule is CCC(=O)N1[C@H](c2cccc([N+](=O)[O-])c2)c2[nH]c3ccccc3c2C[C@@H]1C(=O)O. The highest BCUT2D eigenvalue weighted by Crippen LogP contribution is 2.41. The molecule has 1 amide bonds. The third-order valence-electron chi connectivity index (χ3n) is 5.40. The van der Waals surface area contributed by atoms with Crippen molar-refractivity contribution in [2.75, 3.05) is 0 Å². The summed E-state index contributed by atoms with van der Waals surface area (Å²) in [6, 6.07) is 11.7. The van der Waals surface area contributed by atoms with Crippen LogP contribution in [0.4, 0.5) is 5.69 Å². The molecule has 0 spiro atoms. The zero-order valence-electron chi connectivity index (χ0n) is 15.7. The number of H-pyrrole nitrogens is 1. The van der Waals surface area contributed by atoms with Crippen LogP contribution in [0.1, 0.15) is 36.2 Å². The highest BCUT2D eigenvalue weighted by atomic mass is 16.6. The number of nitro benzene ring substituents is 1. The Labute approximate surface area is 165 Å². The Morgan fingerprint density at radius 3 is 2.69 bits per heavy atom. The van der Waals surface area contributed by atoms with Gasteiger partial charge >= 0.3 is 5.97 Å². The van der Waals surface area contributed by atoms with Gasteiger partial charge in [-0.3, -0.25) is 14.9 Å². The van der Waals surface area contributed by atoms with Gasteiger partial charge in [0.05, 0.1) is 11.0 Å². The zero-order chi connectivity index (χ0) is 20.7. The second-order valence-electron chi connectivity index (χ2n) is 7.03. The van der Waals surface area contributed by atoms with Gasteiger partial charge < -0.3 is 15.0 Å². The fourth-order valence-corrected chi connectivity index (χ4v) is 4.13. The molecule has 0 unspecified atom stereocenters. The molecule has 1 aromatic heterocycles. The number of fused-ring (bicyclic) bond motifs is 3. The maximum Gasteiger partial charge on any atom is 0.326 e. The molecule has 0 saturated heterocycles. The number of carboxylic acids is 1. The molecule has 8 heteroatoms. The summed E-state index contributed by atoms with van der Waals surface area (Å²) in [5.41, 5.74) is 2.75. The molecular weight excluding hydrogens is 374 g/mol. The molecule has 29 heavy (non-hydrogen) atoms. The first-order chi connectivity index (χ1) is 13.9. The van der Waals surface area contributed by atoms with E-state index in [-0.39, 0.29) is 24.4 Å². The third kappa shape index (κ3) is 3.02. The number of carboxylic acid groups (broad SMARTS) is 1. The Bertz CT molecular complexity index is 1140. The monoisotopic (exact) mass is 393 g/mol. The van der Waals surface area contributed by atoms with E-state index in [1.807, 2.05) is 24.3 Å². The lowest BCUT2D eigenvalue weighted by molar-refractivity contribution is -0.384. The van der Waals surface area contributed by atoms with E-state index in [0.29, 0.717) is 11.3 Å². The number of nitrogens with zero attached hydrogens (tertiary/aromatic N) is 2. The van der Waals surface area contributed by atoms with Crippen molar-refractivity contribution in [2.45, 2.75) is 31.8 Å². The molecule has 2 atom stereocenters. The van der Waals surface area contributed by atoms with E-state index in [4.69, 9.17) is 0 Å². The molecule has 3 aromatic rings. The number of nitrogens with one attached hydrogen (secondary N) is 1. The molecule has 0 saturated carbocycles. The number of benzene rings is 2. The standard InChI is InChI=1S/C21H19N3O5/c1-2-18(25)23-17(21(26)27)11-15-14-8-3-4-9-16(14)22-19(15)20(23)12-6-5-7-13(10-12)24(28)29/h3-10,17,20,22H,2,11H2,1H3,(H,26,27)/t17-,20-/m1/s1. The molecule has 8 nitrogen and oxygen atoms in total. The molecule has 4 rings (SSSR count). The van der Waals surface area contributed by atoms with E-state index >= 15 is 0 Å². The molecule has 0 aliphatic carbocycles. The number of hydrogen-bond donors (Lipinski definition) is 2. The molecule has 148 valence electrons. The van der Waals surface area contributed by atoms with Crippen LogP contribution in [0.2, 0.25) is 0 Å². The summed E-state index contributed by atoms with van der Waals surface area (Å²) in [6.45, 7) is 1.67. The lowest BCUT2D eigenvalue weighted by atomic mass is 9.87. The summed E-state index contributed by atoms with van der Waals surface area (Å²) < 4.78 is 0. The van der Waals surface area contributed by atoms with Gasteiger partial charge in [0.15, 0.2) is 0 Å². The lowest BCUT2D eigenvalue weighted by Crippen LogP contribution is -2.51. The number of aromatic nitrogens is 1. The maximum absolute atomic E-state index is 12.8. The second-order valence-corrected chi connectivity index (χ2v) is 7.03. The minimum atomic E-state index is -1.10. The van der Waals surface area contributed by atoms with Gasteiger partial charge in [-0.1, -0.05) is 37.3 Å². The number of para-hydroxylation sites is 1. The fraction of sp³-hybridized carbons (Fsp3) is 0.238. The number of non-ortho nitro benzene ring substituents is 1. The highest BCUT2D eigenvalue weighted by Gasteiger charge is 2.43. The maximum atomic E-state index is 12.8. The van der Waals surface area contributed by atoms with Gasteiger partial charge in [0.25, 0.3) is 5.69 Å². The van der Waals surface area contributed by atoms with Gasteiger partial charge in [0.1, 0.15) is 6.04 Å². The smallest absolute Gasteiger partial charge is 0.326 e. The summed E-state index contributed by atoms with van der Waals surface area (Å²) >= 11 is 0. The van der Waals surface area contributed by atoms with E-state index in [0.717, 1.165) is 16.5 Å². The zero-order valence-corrected chi connectivity index (χ0v) is 15.7. The van der Waals surface area contributed by atoms with Gasteiger partial charge in [-0.05, 0) is 17.2 Å². The van der Waals surface area contributed by atoms with Crippen molar-refractivity contribution in [3.63, 3.8) is 0 Å². The average Bonchev–Trinajstić information content (AvgIpc) is 3.10. The Hall–Kier alpha value is -3.68.